The third-order valence-corrected chi connectivity index (χ3v) is 4.84. The fraction of sp³-hybridized carbons (Fsp3) is 0.389. The van der Waals surface area contributed by atoms with E-state index in [2.05, 4.69) is 17.4 Å². The van der Waals surface area contributed by atoms with E-state index in [1.807, 2.05) is 35.2 Å². The van der Waals surface area contributed by atoms with Gasteiger partial charge in [-0.1, -0.05) is 36.4 Å². The lowest BCUT2D eigenvalue weighted by Crippen LogP contribution is -2.35. The Kier molecular flexibility index (Phi) is 3.47. The molecule has 0 aliphatic carbocycles. The van der Waals surface area contributed by atoms with Crippen molar-refractivity contribution in [3.63, 3.8) is 0 Å². The van der Waals surface area contributed by atoms with Crippen molar-refractivity contribution in [3.8, 4) is 5.75 Å². The maximum Gasteiger partial charge on any atom is 0.260 e. The molecule has 2 fully saturated rings. The number of likely N-dealkylation sites (tertiary alicyclic amines) is 1. The van der Waals surface area contributed by atoms with Gasteiger partial charge in [0.1, 0.15) is 5.75 Å². The summed E-state index contributed by atoms with van der Waals surface area (Å²) < 4.78 is 5.81. The molecular formula is C18H20N2O2. The zero-order valence-electron chi connectivity index (χ0n) is 12.5. The number of amides is 1. The van der Waals surface area contributed by atoms with Crippen molar-refractivity contribution in [1.82, 2.24) is 10.2 Å². The molecule has 1 amide bonds. The molecule has 2 heterocycles. The standard InChI is InChI=1S/C18H20N2O2/c21-18(20-10-14-8-19-9-15(14)11-20)12-22-17-7-3-5-13-4-1-2-6-16(13)17/h1-7,14-15,19H,8-12H2/t14-,15+. The molecule has 4 rings (SSSR count). The van der Waals surface area contributed by atoms with Gasteiger partial charge in [0.25, 0.3) is 5.91 Å². The van der Waals surface area contributed by atoms with Gasteiger partial charge in [-0.05, 0) is 23.3 Å². The lowest BCUT2D eigenvalue weighted by Gasteiger charge is -2.18. The molecule has 0 bridgehead atoms. The Bertz CT molecular complexity index is 683. The first-order chi connectivity index (χ1) is 10.8. The highest BCUT2D eigenvalue weighted by Gasteiger charge is 2.37. The fourth-order valence-electron chi connectivity index (χ4n) is 3.61. The minimum Gasteiger partial charge on any atom is -0.483 e. The van der Waals surface area contributed by atoms with E-state index in [-0.39, 0.29) is 12.5 Å². The van der Waals surface area contributed by atoms with Crippen LogP contribution < -0.4 is 10.1 Å². The second-order valence-electron chi connectivity index (χ2n) is 6.24. The summed E-state index contributed by atoms with van der Waals surface area (Å²) in [6.07, 6.45) is 0. The minimum atomic E-state index is 0.0994. The third kappa shape index (κ3) is 2.44. The zero-order valence-corrected chi connectivity index (χ0v) is 12.5. The molecule has 2 aromatic rings. The normalized spacial score (nSPS) is 23.7. The maximum absolute atomic E-state index is 12.4. The lowest BCUT2D eigenvalue weighted by atomic mass is 10.0. The van der Waals surface area contributed by atoms with Crippen LogP contribution >= 0.6 is 0 Å². The molecule has 2 aliphatic heterocycles. The Labute approximate surface area is 130 Å². The number of carbonyl (C=O) groups excluding carboxylic acids is 1. The van der Waals surface area contributed by atoms with Crippen molar-refractivity contribution in [2.45, 2.75) is 0 Å². The number of nitrogens with zero attached hydrogens (tertiary/aromatic N) is 1. The van der Waals surface area contributed by atoms with Crippen molar-refractivity contribution >= 4 is 16.7 Å². The summed E-state index contributed by atoms with van der Waals surface area (Å²) in [5.74, 6) is 2.14. The summed E-state index contributed by atoms with van der Waals surface area (Å²) in [5, 5.41) is 5.58. The second kappa shape index (κ2) is 5.61. The summed E-state index contributed by atoms with van der Waals surface area (Å²) in [5.41, 5.74) is 0. The number of rotatable bonds is 3. The molecule has 0 unspecified atom stereocenters. The van der Waals surface area contributed by atoms with Crippen LogP contribution in [0.3, 0.4) is 0 Å². The van der Waals surface area contributed by atoms with Gasteiger partial charge >= 0.3 is 0 Å². The summed E-state index contributed by atoms with van der Waals surface area (Å²) in [7, 11) is 0. The Morgan fingerprint density at radius 1 is 1.09 bits per heavy atom. The van der Waals surface area contributed by atoms with Crippen molar-refractivity contribution in [3.05, 3.63) is 42.5 Å². The number of fused-ring (bicyclic) bond motifs is 2. The highest BCUT2D eigenvalue weighted by atomic mass is 16.5. The lowest BCUT2D eigenvalue weighted by molar-refractivity contribution is -0.132. The molecule has 4 nitrogen and oxygen atoms in total. The van der Waals surface area contributed by atoms with Crippen molar-refractivity contribution in [2.75, 3.05) is 32.8 Å². The average Bonchev–Trinajstić information content (AvgIpc) is 3.14. The van der Waals surface area contributed by atoms with Crippen LogP contribution in [0, 0.1) is 11.8 Å². The predicted molar refractivity (Wildman–Crippen MR) is 85.9 cm³/mol. The van der Waals surface area contributed by atoms with Gasteiger partial charge in [-0.25, -0.2) is 0 Å². The van der Waals surface area contributed by atoms with Crippen LogP contribution in [-0.4, -0.2) is 43.6 Å². The van der Waals surface area contributed by atoms with Gasteiger partial charge in [0.05, 0.1) is 0 Å². The summed E-state index contributed by atoms with van der Waals surface area (Å²) in [4.78, 5) is 14.3. The Hall–Kier alpha value is -2.07. The molecule has 0 radical (unpaired) electrons. The molecule has 0 aromatic heterocycles. The summed E-state index contributed by atoms with van der Waals surface area (Å²) >= 11 is 0. The molecule has 2 saturated heterocycles. The van der Waals surface area contributed by atoms with Crippen molar-refractivity contribution in [2.24, 2.45) is 11.8 Å². The van der Waals surface area contributed by atoms with E-state index >= 15 is 0 Å². The van der Waals surface area contributed by atoms with Crippen molar-refractivity contribution < 1.29 is 9.53 Å². The Balaban J connectivity index is 1.42. The molecule has 2 aromatic carbocycles. The van der Waals surface area contributed by atoms with E-state index in [4.69, 9.17) is 4.74 Å². The van der Waals surface area contributed by atoms with Gasteiger partial charge in [-0.2, -0.15) is 0 Å². The van der Waals surface area contributed by atoms with E-state index in [1.54, 1.807) is 0 Å². The number of benzene rings is 2. The van der Waals surface area contributed by atoms with Gasteiger partial charge < -0.3 is 15.0 Å². The Morgan fingerprint density at radius 2 is 1.82 bits per heavy atom. The van der Waals surface area contributed by atoms with Crippen LogP contribution in [0.25, 0.3) is 10.8 Å². The first-order valence-electron chi connectivity index (χ1n) is 7.90. The zero-order chi connectivity index (χ0) is 14.9. The number of carbonyl (C=O) groups is 1. The van der Waals surface area contributed by atoms with Crippen LogP contribution in [-0.2, 0) is 4.79 Å². The predicted octanol–water partition coefficient (Wildman–Crippen LogP) is 1.90. The molecule has 2 atom stereocenters. The highest BCUT2D eigenvalue weighted by molar-refractivity contribution is 5.88. The molecule has 22 heavy (non-hydrogen) atoms. The van der Waals surface area contributed by atoms with Gasteiger partial charge in [-0.3, -0.25) is 4.79 Å². The smallest absolute Gasteiger partial charge is 0.260 e. The molecule has 0 saturated carbocycles. The van der Waals surface area contributed by atoms with Gasteiger partial charge in [-0.15, -0.1) is 0 Å². The number of ether oxygens (including phenoxy) is 1. The van der Waals surface area contributed by atoms with Crippen LogP contribution in [0.2, 0.25) is 0 Å². The SMILES string of the molecule is O=C(COc1cccc2ccccc12)N1C[C@H]2CNC[C@H]2C1. The molecule has 0 spiro atoms. The number of hydrogen-bond donors (Lipinski definition) is 1. The first kappa shape index (κ1) is 13.6. The van der Waals surface area contributed by atoms with Gasteiger partial charge in [0, 0.05) is 31.6 Å². The minimum absolute atomic E-state index is 0.0994. The third-order valence-electron chi connectivity index (χ3n) is 4.84. The van der Waals surface area contributed by atoms with Gasteiger partial charge in [0.2, 0.25) is 0 Å². The highest BCUT2D eigenvalue weighted by Crippen LogP contribution is 2.27. The van der Waals surface area contributed by atoms with Crippen molar-refractivity contribution in [1.29, 1.82) is 0 Å². The first-order valence-corrected chi connectivity index (χ1v) is 7.90. The second-order valence-corrected chi connectivity index (χ2v) is 6.24. The topological polar surface area (TPSA) is 41.6 Å². The van der Waals surface area contributed by atoms with E-state index in [0.29, 0.717) is 11.8 Å². The monoisotopic (exact) mass is 296 g/mol. The van der Waals surface area contributed by atoms with Crippen LogP contribution in [0.4, 0.5) is 0 Å². The largest absolute Gasteiger partial charge is 0.483 e. The van der Waals surface area contributed by atoms with E-state index in [9.17, 15) is 4.79 Å². The molecule has 4 heteroatoms. The number of nitrogens with one attached hydrogen (secondary N) is 1. The fourth-order valence-corrected chi connectivity index (χ4v) is 3.61. The molecule has 2 aliphatic rings. The Morgan fingerprint density at radius 3 is 2.64 bits per heavy atom. The van der Waals surface area contributed by atoms with Gasteiger partial charge in [0.15, 0.2) is 6.61 Å². The van der Waals surface area contributed by atoms with Crippen LogP contribution in [0.5, 0.6) is 5.75 Å². The van der Waals surface area contributed by atoms with E-state index in [1.165, 1.54) is 0 Å². The average molecular weight is 296 g/mol. The maximum atomic E-state index is 12.4. The summed E-state index contributed by atoms with van der Waals surface area (Å²) in [6.45, 7) is 3.95. The molecular weight excluding hydrogens is 276 g/mol. The van der Waals surface area contributed by atoms with E-state index < -0.39 is 0 Å². The quantitative estimate of drug-likeness (QED) is 0.940. The molecule has 114 valence electrons. The number of hydrogen-bond acceptors (Lipinski definition) is 3. The van der Waals surface area contributed by atoms with E-state index in [0.717, 1.165) is 42.7 Å². The van der Waals surface area contributed by atoms with Crippen LogP contribution in [0.1, 0.15) is 0 Å². The summed E-state index contributed by atoms with van der Waals surface area (Å²) in [6, 6.07) is 14.0. The van der Waals surface area contributed by atoms with Crippen LogP contribution in [0.15, 0.2) is 42.5 Å². The molecule has 1 N–H and O–H groups in total.